The zero-order valence-electron chi connectivity index (χ0n) is 16.3. The number of aromatic hydroxyl groups is 1. The summed E-state index contributed by atoms with van der Waals surface area (Å²) >= 11 is 3.39. The van der Waals surface area contributed by atoms with Crippen LogP contribution in [-0.4, -0.2) is 22.3 Å². The van der Waals surface area contributed by atoms with Crippen LogP contribution in [0.4, 0.5) is 10.5 Å². The maximum absolute atomic E-state index is 12.5. The van der Waals surface area contributed by atoms with Crippen LogP contribution in [0.3, 0.4) is 0 Å². The zero-order chi connectivity index (χ0) is 21.4. The average Bonchev–Trinajstić information content (AvgIpc) is 2.66. The number of phenols is 1. The monoisotopic (exact) mass is 461 g/mol. The summed E-state index contributed by atoms with van der Waals surface area (Å²) in [5.41, 5.74) is 0.474. The summed E-state index contributed by atoms with van der Waals surface area (Å²) in [5, 5.41) is 21.8. The Morgan fingerprint density at radius 2 is 1.90 bits per heavy atom. The molecule has 0 saturated heterocycles. The van der Waals surface area contributed by atoms with Crippen LogP contribution in [0.5, 0.6) is 5.75 Å². The van der Waals surface area contributed by atoms with Gasteiger partial charge in [0.15, 0.2) is 0 Å². The summed E-state index contributed by atoms with van der Waals surface area (Å²) in [5.74, 6) is -0.998. The summed E-state index contributed by atoms with van der Waals surface area (Å²) in [4.78, 5) is 23.2. The van der Waals surface area contributed by atoms with Crippen molar-refractivity contribution < 1.29 is 24.5 Å². The minimum absolute atomic E-state index is 0.0138. The highest BCUT2D eigenvalue weighted by Crippen LogP contribution is 2.44. The van der Waals surface area contributed by atoms with Crippen molar-refractivity contribution in [2.75, 3.05) is 5.32 Å². The number of hydrogen-bond donors (Lipinski definition) is 3. The molecule has 0 aromatic heterocycles. The largest absolute Gasteiger partial charge is 0.508 e. The number of nitrogens with one attached hydrogen (secondary N) is 1. The molecule has 0 aliphatic heterocycles. The third-order valence-corrected chi connectivity index (χ3v) is 4.94. The van der Waals surface area contributed by atoms with Crippen molar-refractivity contribution in [1.29, 1.82) is 0 Å². The summed E-state index contributed by atoms with van der Waals surface area (Å²) < 4.78 is 6.49. The number of ether oxygens (including phenoxy) is 1. The Balaban J connectivity index is 2.26. The molecule has 2 aromatic carbocycles. The molecule has 0 aliphatic rings. The van der Waals surface area contributed by atoms with Crippen LogP contribution in [0.2, 0.25) is 0 Å². The van der Waals surface area contributed by atoms with Gasteiger partial charge >= 0.3 is 12.1 Å². The van der Waals surface area contributed by atoms with E-state index in [1.807, 2.05) is 19.9 Å². The molecule has 29 heavy (non-hydrogen) atoms. The molecule has 0 spiro atoms. The van der Waals surface area contributed by atoms with Crippen LogP contribution in [0, 0.1) is 5.41 Å². The van der Waals surface area contributed by atoms with E-state index in [-0.39, 0.29) is 5.75 Å². The summed E-state index contributed by atoms with van der Waals surface area (Å²) in [7, 11) is 0. The van der Waals surface area contributed by atoms with Gasteiger partial charge in [0.2, 0.25) is 0 Å². The van der Waals surface area contributed by atoms with Crippen molar-refractivity contribution in [1.82, 2.24) is 0 Å². The fourth-order valence-electron chi connectivity index (χ4n) is 2.93. The summed E-state index contributed by atoms with van der Waals surface area (Å²) in [6.45, 7) is 3.81. The van der Waals surface area contributed by atoms with E-state index in [2.05, 4.69) is 21.2 Å². The van der Waals surface area contributed by atoms with Gasteiger partial charge in [-0.15, -0.1) is 0 Å². The van der Waals surface area contributed by atoms with Gasteiger partial charge in [-0.3, -0.25) is 5.32 Å². The quantitative estimate of drug-likeness (QED) is 0.425. The molecular formula is C22H24BrNO5. The van der Waals surface area contributed by atoms with E-state index in [0.717, 1.165) is 10.5 Å². The van der Waals surface area contributed by atoms with Gasteiger partial charge in [0.25, 0.3) is 0 Å². The minimum atomic E-state index is -1.01. The minimum Gasteiger partial charge on any atom is -0.508 e. The maximum atomic E-state index is 12.5. The Hall–Kier alpha value is -2.80. The molecule has 0 bridgehead atoms. The Labute approximate surface area is 178 Å². The standard InChI is InChI=1S/C22H24BrNO5/c1-22(2,13-7-6-10-19(26)27)20(17-14-15(23)11-12-18(17)25)29-21(28)24-16-8-4-3-5-9-16/h3-6,8-12,14,20,25H,7,13H2,1-2H3,(H,24,28)(H,26,27)/b10-6+/t20-/m1/s1. The number of allylic oxidation sites excluding steroid dienone is 1. The van der Waals surface area contributed by atoms with Crippen LogP contribution in [0.25, 0.3) is 0 Å². The van der Waals surface area contributed by atoms with Crippen LogP contribution in [0.1, 0.15) is 38.4 Å². The zero-order valence-corrected chi connectivity index (χ0v) is 17.8. The van der Waals surface area contributed by atoms with E-state index in [0.29, 0.717) is 24.1 Å². The van der Waals surface area contributed by atoms with Gasteiger partial charge in [0.05, 0.1) is 0 Å². The number of rotatable bonds is 8. The predicted molar refractivity (Wildman–Crippen MR) is 115 cm³/mol. The van der Waals surface area contributed by atoms with Gasteiger partial charge in [-0.25, -0.2) is 9.59 Å². The highest BCUT2D eigenvalue weighted by molar-refractivity contribution is 9.10. The number of carbonyl (C=O) groups excluding carboxylic acids is 1. The van der Waals surface area contributed by atoms with E-state index >= 15 is 0 Å². The van der Waals surface area contributed by atoms with Gasteiger partial charge in [-0.05, 0) is 43.2 Å². The fourth-order valence-corrected chi connectivity index (χ4v) is 3.30. The SMILES string of the molecule is CC(C)(CC/C=C/C(=O)O)[C@H](OC(=O)Nc1ccccc1)c1cc(Br)ccc1O. The first-order valence-corrected chi connectivity index (χ1v) is 9.89. The number of phenolic OH excluding ortho intramolecular Hbond substituents is 1. The number of carboxylic acid groups (broad SMARTS) is 1. The number of anilines is 1. The van der Waals surface area contributed by atoms with E-state index in [4.69, 9.17) is 9.84 Å². The lowest BCUT2D eigenvalue weighted by molar-refractivity contribution is -0.131. The number of aliphatic carboxylic acids is 1. The molecule has 3 N–H and O–H groups in total. The fraction of sp³-hybridized carbons (Fsp3) is 0.273. The van der Waals surface area contributed by atoms with Gasteiger partial charge < -0.3 is 14.9 Å². The second kappa shape index (κ2) is 10.1. The molecule has 2 rings (SSSR count). The van der Waals surface area contributed by atoms with Crippen molar-refractivity contribution in [3.8, 4) is 5.75 Å². The number of carbonyl (C=O) groups is 2. The molecule has 6 nitrogen and oxygen atoms in total. The Morgan fingerprint density at radius 3 is 2.55 bits per heavy atom. The second-order valence-electron chi connectivity index (χ2n) is 7.25. The average molecular weight is 462 g/mol. The molecule has 0 unspecified atom stereocenters. The first-order valence-electron chi connectivity index (χ1n) is 9.09. The molecule has 1 amide bonds. The first-order chi connectivity index (χ1) is 13.7. The number of para-hydroxylation sites is 1. The van der Waals surface area contributed by atoms with Crippen molar-refractivity contribution in [3.05, 3.63) is 70.7 Å². The number of benzene rings is 2. The van der Waals surface area contributed by atoms with Gasteiger partial charge in [-0.1, -0.05) is 54.1 Å². The molecule has 1 atom stereocenters. The van der Waals surface area contributed by atoms with Gasteiger partial charge in [0, 0.05) is 27.2 Å². The number of hydrogen-bond acceptors (Lipinski definition) is 4. The lowest BCUT2D eigenvalue weighted by atomic mass is 9.78. The van der Waals surface area contributed by atoms with Gasteiger partial charge in [-0.2, -0.15) is 0 Å². The number of amides is 1. The molecule has 7 heteroatoms. The van der Waals surface area contributed by atoms with Crippen molar-refractivity contribution >= 4 is 33.7 Å². The molecule has 0 heterocycles. The Bertz CT molecular complexity index is 880. The van der Waals surface area contributed by atoms with Gasteiger partial charge in [0.1, 0.15) is 11.9 Å². The molecule has 0 aliphatic carbocycles. The van der Waals surface area contributed by atoms with Crippen LogP contribution in [0.15, 0.2) is 65.2 Å². The first kappa shape index (κ1) is 22.5. The van der Waals surface area contributed by atoms with E-state index in [1.54, 1.807) is 42.5 Å². The van der Waals surface area contributed by atoms with E-state index in [1.165, 1.54) is 6.07 Å². The maximum Gasteiger partial charge on any atom is 0.412 e. The Kier molecular flexibility index (Phi) is 7.84. The van der Waals surface area contributed by atoms with E-state index < -0.39 is 23.6 Å². The smallest absolute Gasteiger partial charge is 0.412 e. The lowest BCUT2D eigenvalue weighted by Crippen LogP contribution is -2.29. The lowest BCUT2D eigenvalue weighted by Gasteiger charge is -2.34. The molecule has 2 aromatic rings. The normalized spacial score (nSPS) is 12.5. The molecule has 0 radical (unpaired) electrons. The third kappa shape index (κ3) is 6.94. The number of halogens is 1. The van der Waals surface area contributed by atoms with Crippen LogP contribution < -0.4 is 5.32 Å². The van der Waals surface area contributed by atoms with Crippen molar-refractivity contribution in [3.63, 3.8) is 0 Å². The van der Waals surface area contributed by atoms with E-state index in [9.17, 15) is 14.7 Å². The van der Waals surface area contributed by atoms with Crippen molar-refractivity contribution in [2.45, 2.75) is 32.8 Å². The number of carboxylic acids is 1. The second-order valence-corrected chi connectivity index (χ2v) is 8.16. The van der Waals surface area contributed by atoms with Crippen molar-refractivity contribution in [2.24, 2.45) is 5.41 Å². The predicted octanol–water partition coefficient (Wildman–Crippen LogP) is 5.89. The highest BCUT2D eigenvalue weighted by Gasteiger charge is 2.35. The topological polar surface area (TPSA) is 95.9 Å². The van der Waals surface area contributed by atoms with Crippen LogP contribution in [-0.2, 0) is 9.53 Å². The highest BCUT2D eigenvalue weighted by atomic mass is 79.9. The molecular weight excluding hydrogens is 438 g/mol. The molecule has 0 fully saturated rings. The summed E-state index contributed by atoms with van der Waals surface area (Å²) in [6.07, 6.45) is 2.26. The molecule has 0 saturated carbocycles. The Morgan fingerprint density at radius 1 is 1.21 bits per heavy atom. The third-order valence-electron chi connectivity index (χ3n) is 4.44. The van der Waals surface area contributed by atoms with Crippen LogP contribution >= 0.6 is 15.9 Å². The molecule has 154 valence electrons. The summed E-state index contributed by atoms with van der Waals surface area (Å²) in [6, 6.07) is 13.9.